The fraction of sp³-hybridized carbons (Fsp3) is 0.867. The first-order valence-corrected chi connectivity index (χ1v) is 9.38. The Morgan fingerprint density at radius 2 is 1.42 bits per heavy atom. The van der Waals surface area contributed by atoms with E-state index in [1.54, 1.807) is 0 Å². The Hall–Kier alpha value is -0.150. The van der Waals surface area contributed by atoms with E-state index in [9.17, 15) is 22.6 Å². The van der Waals surface area contributed by atoms with Crippen LogP contribution in [0.4, 0.5) is 0 Å². The van der Waals surface area contributed by atoms with Gasteiger partial charge in [-0.05, 0) is 19.8 Å². The third-order valence-corrected chi connectivity index (χ3v) is 4.87. The second-order valence-corrected chi connectivity index (χ2v) is 7.44. The molecule has 0 N–H and O–H groups in total. The fourth-order valence-electron chi connectivity index (χ4n) is 1.80. The third kappa shape index (κ3) is 9.36. The molecule has 0 amide bonds. The van der Waals surface area contributed by atoms with Crippen molar-refractivity contribution in [2.45, 2.75) is 70.5 Å². The van der Waals surface area contributed by atoms with E-state index in [1.807, 2.05) is 13.8 Å². The van der Waals surface area contributed by atoms with Gasteiger partial charge in [-0.1, -0.05) is 39.5 Å². The molecule has 9 heteroatoms. The Morgan fingerprint density at radius 1 is 0.958 bits per heavy atom. The van der Waals surface area contributed by atoms with Gasteiger partial charge >= 0.3 is 41.5 Å². The van der Waals surface area contributed by atoms with E-state index in [2.05, 4.69) is 0 Å². The molecule has 0 fully saturated rings. The summed E-state index contributed by atoms with van der Waals surface area (Å²) in [6.45, 7) is 5.00. The topological polar surface area (TPSA) is 110 Å². The maximum Gasteiger partial charge on any atom is 1.00 e. The zero-order chi connectivity index (χ0) is 17.9. The number of hydrogen-bond acceptors (Lipinski definition) is 7. The van der Waals surface area contributed by atoms with Gasteiger partial charge in [-0.15, -0.1) is 0 Å². The van der Waals surface area contributed by atoms with Gasteiger partial charge in [0.05, 0.1) is 19.6 Å². The van der Waals surface area contributed by atoms with Crippen LogP contribution in [0.15, 0.2) is 0 Å². The first-order valence-electron chi connectivity index (χ1n) is 7.97. The minimum absolute atomic E-state index is 0. The van der Waals surface area contributed by atoms with E-state index in [0.29, 0.717) is 12.8 Å². The molecule has 1 unspecified atom stereocenters. The van der Waals surface area contributed by atoms with Crippen molar-refractivity contribution in [2.24, 2.45) is 0 Å². The third-order valence-electron chi connectivity index (χ3n) is 3.46. The molecule has 0 aromatic heterocycles. The van der Waals surface area contributed by atoms with E-state index >= 15 is 0 Å². The fourth-order valence-corrected chi connectivity index (χ4v) is 2.35. The summed E-state index contributed by atoms with van der Waals surface area (Å²) in [6, 6.07) is 0. The van der Waals surface area contributed by atoms with Crippen LogP contribution in [0, 0.1) is 0 Å². The summed E-state index contributed by atoms with van der Waals surface area (Å²) >= 11 is 0. The van der Waals surface area contributed by atoms with Crippen molar-refractivity contribution in [3.05, 3.63) is 0 Å². The monoisotopic (exact) mass is 374 g/mol. The largest absolute Gasteiger partial charge is 1.00 e. The predicted octanol–water partition coefficient (Wildman–Crippen LogP) is -0.849. The van der Waals surface area contributed by atoms with Gasteiger partial charge in [-0.2, -0.15) is 0 Å². The van der Waals surface area contributed by atoms with Crippen LogP contribution in [0.5, 0.6) is 0 Å². The molecule has 0 aliphatic heterocycles. The number of carbonyl (C=O) groups is 2. The number of carbonyl (C=O) groups excluding carboxylic acids is 2. The summed E-state index contributed by atoms with van der Waals surface area (Å²) < 4.78 is 41.6. The van der Waals surface area contributed by atoms with Crippen LogP contribution in [0.25, 0.3) is 0 Å². The minimum Gasteiger partial charge on any atom is -0.747 e. The zero-order valence-electron chi connectivity index (χ0n) is 15.1. The molecule has 0 aromatic rings. The van der Waals surface area contributed by atoms with Crippen molar-refractivity contribution < 1.29 is 61.6 Å². The molecule has 1 atom stereocenters. The van der Waals surface area contributed by atoms with E-state index in [-0.39, 0.29) is 42.8 Å². The second-order valence-electron chi connectivity index (χ2n) is 5.63. The van der Waals surface area contributed by atoms with Gasteiger partial charge in [0.25, 0.3) is 0 Å². The maximum absolute atomic E-state index is 12.0. The molecule has 0 saturated heterocycles. The van der Waals surface area contributed by atoms with Crippen molar-refractivity contribution in [3.8, 4) is 0 Å². The molecule has 0 aliphatic carbocycles. The number of ether oxygens (including phenoxy) is 2. The van der Waals surface area contributed by atoms with Crippen molar-refractivity contribution >= 4 is 22.1 Å². The van der Waals surface area contributed by atoms with Gasteiger partial charge in [0.2, 0.25) is 0 Å². The normalized spacial score (nSPS) is 13.5. The van der Waals surface area contributed by atoms with E-state index in [4.69, 9.17) is 9.47 Å². The van der Waals surface area contributed by atoms with Crippen LogP contribution in [0.2, 0.25) is 0 Å². The minimum atomic E-state index is -5.06. The Balaban J connectivity index is 0. The Morgan fingerprint density at radius 3 is 1.83 bits per heavy atom. The molecule has 7 nitrogen and oxygen atoms in total. The molecule has 0 aromatic carbocycles. The molecule has 136 valence electrons. The SMILES string of the molecule is CCCCCOC(=O)CC(C)(C(=O)OCCCCC)S(=O)(=O)[O-].[Na+]. The summed E-state index contributed by atoms with van der Waals surface area (Å²) in [5, 5.41) is 0. The number of esters is 2. The van der Waals surface area contributed by atoms with Crippen molar-refractivity contribution in [2.75, 3.05) is 13.2 Å². The predicted molar refractivity (Wildman–Crippen MR) is 83.7 cm³/mol. The molecule has 0 bridgehead atoms. The summed E-state index contributed by atoms with van der Waals surface area (Å²) in [7, 11) is -5.06. The van der Waals surface area contributed by atoms with Gasteiger partial charge < -0.3 is 14.0 Å². The molecule has 0 radical (unpaired) electrons. The van der Waals surface area contributed by atoms with Crippen molar-refractivity contribution in [3.63, 3.8) is 0 Å². The molecule has 0 aliphatic rings. The summed E-state index contributed by atoms with van der Waals surface area (Å²) in [6.07, 6.45) is 3.89. The summed E-state index contributed by atoms with van der Waals surface area (Å²) in [5.41, 5.74) is 0. The molecular weight excluding hydrogens is 347 g/mol. The van der Waals surface area contributed by atoms with Crippen LogP contribution in [-0.4, -0.2) is 42.9 Å². The Kier molecular flexibility index (Phi) is 14.2. The first kappa shape index (κ1) is 26.1. The van der Waals surface area contributed by atoms with Crippen molar-refractivity contribution in [1.29, 1.82) is 0 Å². The average Bonchev–Trinajstić information content (AvgIpc) is 2.46. The molecule has 0 saturated carbocycles. The quantitative estimate of drug-likeness (QED) is 0.189. The van der Waals surface area contributed by atoms with E-state index in [0.717, 1.165) is 32.6 Å². The molecule has 0 spiro atoms. The Labute approximate surface area is 166 Å². The van der Waals surface area contributed by atoms with Gasteiger partial charge in [0, 0.05) is 0 Å². The second kappa shape index (κ2) is 13.1. The van der Waals surface area contributed by atoms with E-state index < -0.39 is 33.2 Å². The first-order chi connectivity index (χ1) is 10.7. The Bertz CT molecular complexity index is 478. The smallest absolute Gasteiger partial charge is 0.747 e. The molecule has 0 heterocycles. The van der Waals surface area contributed by atoms with E-state index in [1.165, 1.54) is 0 Å². The average molecular weight is 374 g/mol. The van der Waals surface area contributed by atoms with Gasteiger partial charge in [0.15, 0.2) is 4.75 Å². The van der Waals surface area contributed by atoms with Gasteiger partial charge in [-0.3, -0.25) is 9.59 Å². The molecule has 24 heavy (non-hydrogen) atoms. The standard InChI is InChI=1S/C15H28O7S.Na/c1-4-6-8-10-21-13(16)12-15(3,23(18,19)20)14(17)22-11-9-7-5-2;/h4-12H2,1-3H3,(H,18,19,20);/q;+1/p-1. The number of hydrogen-bond donors (Lipinski definition) is 0. The van der Waals surface area contributed by atoms with Crippen LogP contribution in [0.1, 0.15) is 65.7 Å². The van der Waals surface area contributed by atoms with Crippen LogP contribution in [0.3, 0.4) is 0 Å². The summed E-state index contributed by atoms with van der Waals surface area (Å²) in [5.74, 6) is -2.09. The number of unbranched alkanes of at least 4 members (excludes halogenated alkanes) is 4. The van der Waals surface area contributed by atoms with Gasteiger partial charge in [0.1, 0.15) is 10.1 Å². The zero-order valence-corrected chi connectivity index (χ0v) is 17.9. The van der Waals surface area contributed by atoms with Crippen LogP contribution < -0.4 is 29.6 Å². The maximum atomic E-state index is 12.0. The van der Waals surface area contributed by atoms with Crippen LogP contribution >= 0.6 is 0 Å². The van der Waals surface area contributed by atoms with Crippen LogP contribution in [-0.2, 0) is 29.2 Å². The molecule has 0 rings (SSSR count). The van der Waals surface area contributed by atoms with Crippen molar-refractivity contribution in [1.82, 2.24) is 0 Å². The van der Waals surface area contributed by atoms with Gasteiger partial charge in [-0.25, -0.2) is 8.42 Å². The number of rotatable bonds is 12. The summed E-state index contributed by atoms with van der Waals surface area (Å²) in [4.78, 5) is 23.7. The molecular formula is C15H27NaO7S.